The van der Waals surface area contributed by atoms with E-state index in [0.717, 1.165) is 38.7 Å². The first-order chi connectivity index (χ1) is 24.8. The number of hydrogen-bond donors (Lipinski definition) is 2. The number of hydrogen-bond acceptors (Lipinski definition) is 7. The summed E-state index contributed by atoms with van der Waals surface area (Å²) >= 11 is 0. The molecule has 0 spiro atoms. The Morgan fingerprint density at radius 2 is 1.45 bits per heavy atom. The summed E-state index contributed by atoms with van der Waals surface area (Å²) in [6.45, 7) is 3.08. The second-order valence-corrected chi connectivity index (χ2v) is 12.7. The van der Waals surface area contributed by atoms with E-state index >= 15 is 0 Å². The van der Waals surface area contributed by atoms with Gasteiger partial charge in [-0.1, -0.05) is 97.1 Å². The highest BCUT2D eigenvalue weighted by Gasteiger charge is 2.25. The van der Waals surface area contributed by atoms with Crippen molar-refractivity contribution in [3.05, 3.63) is 177 Å². The fourth-order valence-corrected chi connectivity index (χ4v) is 6.20. The van der Waals surface area contributed by atoms with Gasteiger partial charge in [0, 0.05) is 48.6 Å². The van der Waals surface area contributed by atoms with Crippen LogP contribution in [0.15, 0.2) is 133 Å². The number of nitro groups is 1. The molecule has 5 aromatic carbocycles. The highest BCUT2D eigenvalue weighted by molar-refractivity contribution is 5.99. The number of aliphatic hydroxyl groups is 1. The molecule has 6 rings (SSSR count). The van der Waals surface area contributed by atoms with Gasteiger partial charge in [-0.05, 0) is 65.4 Å². The van der Waals surface area contributed by atoms with E-state index in [0.29, 0.717) is 37.4 Å². The lowest BCUT2D eigenvalue weighted by molar-refractivity contribution is -0.384. The molecular formula is C42H41N3O6. The summed E-state index contributed by atoms with van der Waals surface area (Å²) in [5, 5.41) is 26.2. The summed E-state index contributed by atoms with van der Waals surface area (Å²) < 4.78 is 13.6. The second kappa shape index (κ2) is 16.8. The van der Waals surface area contributed by atoms with E-state index in [1.807, 2.05) is 102 Å². The van der Waals surface area contributed by atoms with Crippen LogP contribution in [0.25, 0.3) is 10.9 Å². The van der Waals surface area contributed by atoms with Crippen molar-refractivity contribution in [2.75, 3.05) is 13.2 Å². The number of fused-ring (bicyclic) bond motifs is 1. The molecule has 0 saturated carbocycles. The summed E-state index contributed by atoms with van der Waals surface area (Å²) in [4.78, 5) is 25.0. The van der Waals surface area contributed by atoms with Crippen LogP contribution in [0, 0.1) is 10.1 Å². The van der Waals surface area contributed by atoms with Gasteiger partial charge in [-0.15, -0.1) is 0 Å². The van der Waals surface area contributed by atoms with Crippen LogP contribution in [0.5, 0.6) is 5.75 Å². The molecule has 0 amide bonds. The van der Waals surface area contributed by atoms with Crippen molar-refractivity contribution in [2.24, 2.45) is 0 Å². The number of aromatic nitrogens is 1. The Morgan fingerprint density at radius 3 is 2.12 bits per heavy atom. The van der Waals surface area contributed by atoms with Gasteiger partial charge in [0.2, 0.25) is 0 Å². The zero-order chi connectivity index (χ0) is 35.6. The van der Waals surface area contributed by atoms with Gasteiger partial charge >= 0.3 is 5.97 Å². The normalized spacial score (nSPS) is 12.4. The number of rotatable bonds is 16. The van der Waals surface area contributed by atoms with Crippen molar-refractivity contribution in [1.29, 1.82) is 0 Å². The van der Waals surface area contributed by atoms with Gasteiger partial charge in [0.25, 0.3) is 5.69 Å². The zero-order valence-corrected chi connectivity index (χ0v) is 28.5. The fraction of sp³-hybridized carbons (Fsp3) is 0.214. The third-order valence-corrected chi connectivity index (χ3v) is 8.78. The summed E-state index contributed by atoms with van der Waals surface area (Å²) in [7, 11) is 0. The first-order valence-corrected chi connectivity index (χ1v) is 17.1. The number of nitrogens with zero attached hydrogens (tertiary/aromatic N) is 2. The summed E-state index contributed by atoms with van der Waals surface area (Å²) in [5.74, 6) is 0.277. The molecular weight excluding hydrogens is 642 g/mol. The van der Waals surface area contributed by atoms with Gasteiger partial charge in [0.15, 0.2) is 0 Å². The molecule has 51 heavy (non-hydrogen) atoms. The number of benzene rings is 5. The third kappa shape index (κ3) is 9.27. The predicted molar refractivity (Wildman–Crippen MR) is 198 cm³/mol. The first-order valence-electron chi connectivity index (χ1n) is 17.1. The van der Waals surface area contributed by atoms with Gasteiger partial charge in [0.1, 0.15) is 30.8 Å². The number of carbonyl (C=O) groups is 1. The van der Waals surface area contributed by atoms with E-state index in [1.165, 1.54) is 12.1 Å². The average Bonchev–Trinajstić information content (AvgIpc) is 3.45. The molecule has 0 fully saturated rings. The van der Waals surface area contributed by atoms with E-state index in [-0.39, 0.29) is 24.9 Å². The molecule has 9 nitrogen and oxygen atoms in total. The van der Waals surface area contributed by atoms with Crippen LogP contribution in [0.3, 0.4) is 0 Å². The Morgan fingerprint density at radius 1 is 0.824 bits per heavy atom. The van der Waals surface area contributed by atoms with Crippen LogP contribution in [0.2, 0.25) is 0 Å². The van der Waals surface area contributed by atoms with Crippen molar-refractivity contribution < 1.29 is 24.3 Å². The van der Waals surface area contributed by atoms with Crippen LogP contribution < -0.4 is 10.1 Å². The molecule has 0 saturated heterocycles. The number of aliphatic hydroxyl groups excluding tert-OH is 1. The molecule has 1 aromatic heterocycles. The Labute approximate surface area is 297 Å². The SMILES string of the molecule is CC(Cc1ccc2c(c1)c(Cc1ccccc1)c(C(=O)OCc1ccccc1)n2Cc1ccc([N+](=O)[O-])cc1)NC[C@H](O)COc1ccccc1. The maximum Gasteiger partial charge on any atom is 0.355 e. The Balaban J connectivity index is 1.30. The third-order valence-electron chi connectivity index (χ3n) is 8.78. The molecule has 6 aromatic rings. The van der Waals surface area contributed by atoms with E-state index in [2.05, 4.69) is 24.4 Å². The van der Waals surface area contributed by atoms with Crippen LogP contribution in [-0.4, -0.2) is 45.9 Å². The van der Waals surface area contributed by atoms with Crippen molar-refractivity contribution in [3.63, 3.8) is 0 Å². The standard InChI is InChI=1S/C42H41N3O6/c1-30(43-26-36(46)29-50-37-15-9-4-10-16-37)23-34-19-22-40-38(25-34)39(24-31-11-5-2-6-12-31)41(42(47)51-28-33-13-7-3-8-14-33)44(40)27-32-17-20-35(21-18-32)45(48)49/h2-22,25,30,36,43,46H,23-24,26-29H2,1H3/t30?,36-/m0/s1. The summed E-state index contributed by atoms with van der Waals surface area (Å²) in [6.07, 6.45) is 0.519. The van der Waals surface area contributed by atoms with Gasteiger partial charge in [-0.3, -0.25) is 10.1 Å². The zero-order valence-electron chi connectivity index (χ0n) is 28.5. The minimum atomic E-state index is -0.675. The lowest BCUT2D eigenvalue weighted by Crippen LogP contribution is -2.37. The molecule has 1 unspecified atom stereocenters. The van der Waals surface area contributed by atoms with Crippen LogP contribution in [0.1, 0.15) is 45.2 Å². The maximum absolute atomic E-state index is 14.1. The quantitative estimate of drug-likeness (QED) is 0.0617. The van der Waals surface area contributed by atoms with Crippen LogP contribution in [-0.2, 0) is 30.7 Å². The molecule has 0 aliphatic rings. The molecule has 2 atom stereocenters. The lowest BCUT2D eigenvalue weighted by atomic mass is 9.98. The number of non-ortho nitro benzene ring substituents is 1. The Bertz CT molecular complexity index is 2050. The number of ether oxygens (including phenoxy) is 2. The van der Waals surface area contributed by atoms with Gasteiger partial charge in [-0.2, -0.15) is 0 Å². The molecule has 1 heterocycles. The second-order valence-electron chi connectivity index (χ2n) is 12.7. The van der Waals surface area contributed by atoms with E-state index in [4.69, 9.17) is 9.47 Å². The fourth-order valence-electron chi connectivity index (χ4n) is 6.20. The number of para-hydroxylation sites is 1. The minimum Gasteiger partial charge on any atom is -0.491 e. The monoisotopic (exact) mass is 683 g/mol. The highest BCUT2D eigenvalue weighted by atomic mass is 16.6. The van der Waals surface area contributed by atoms with E-state index in [1.54, 1.807) is 12.1 Å². The average molecular weight is 684 g/mol. The lowest BCUT2D eigenvalue weighted by Gasteiger charge is -2.18. The highest BCUT2D eigenvalue weighted by Crippen LogP contribution is 2.32. The van der Waals surface area contributed by atoms with Crippen LogP contribution >= 0.6 is 0 Å². The number of nitro benzene ring substituents is 1. The molecule has 2 N–H and O–H groups in total. The number of esters is 1. The Kier molecular flexibility index (Phi) is 11.5. The van der Waals surface area contributed by atoms with Crippen molar-refractivity contribution in [3.8, 4) is 5.75 Å². The minimum absolute atomic E-state index is 0.00647. The topological polar surface area (TPSA) is 116 Å². The Hall–Kier alpha value is -5.77. The smallest absolute Gasteiger partial charge is 0.355 e. The largest absolute Gasteiger partial charge is 0.491 e. The number of carbonyl (C=O) groups excluding carboxylic acids is 1. The summed E-state index contributed by atoms with van der Waals surface area (Å²) in [5.41, 5.74) is 6.00. The molecule has 260 valence electrons. The van der Waals surface area contributed by atoms with Crippen LogP contribution in [0.4, 0.5) is 5.69 Å². The van der Waals surface area contributed by atoms with Crippen molar-refractivity contribution >= 4 is 22.6 Å². The summed E-state index contributed by atoms with van der Waals surface area (Å²) in [6, 6.07) is 41.7. The predicted octanol–water partition coefficient (Wildman–Crippen LogP) is 7.51. The van der Waals surface area contributed by atoms with Crippen molar-refractivity contribution in [2.45, 2.75) is 45.1 Å². The molecule has 0 radical (unpaired) electrons. The first kappa shape index (κ1) is 35.1. The van der Waals surface area contributed by atoms with Gasteiger partial charge in [-0.25, -0.2) is 4.79 Å². The molecule has 0 aliphatic carbocycles. The molecule has 0 bridgehead atoms. The van der Waals surface area contributed by atoms with Gasteiger partial charge < -0.3 is 24.5 Å². The molecule has 0 aliphatic heterocycles. The molecule has 9 heteroatoms. The van der Waals surface area contributed by atoms with Gasteiger partial charge in [0.05, 0.1) is 4.92 Å². The van der Waals surface area contributed by atoms with E-state index < -0.39 is 17.0 Å². The number of nitrogens with one attached hydrogen (secondary N) is 1. The van der Waals surface area contributed by atoms with Crippen molar-refractivity contribution in [1.82, 2.24) is 9.88 Å². The maximum atomic E-state index is 14.1. The van der Waals surface area contributed by atoms with E-state index in [9.17, 15) is 20.0 Å².